The van der Waals surface area contributed by atoms with Crippen LogP contribution in [0.1, 0.15) is 26.7 Å². The van der Waals surface area contributed by atoms with Gasteiger partial charge in [0.05, 0.1) is 0 Å². The molecule has 0 N–H and O–H groups in total. The van der Waals surface area contributed by atoms with Crippen molar-refractivity contribution in [1.82, 2.24) is 0 Å². The van der Waals surface area contributed by atoms with Crippen molar-refractivity contribution in [3.63, 3.8) is 0 Å². The molecule has 1 saturated carbocycles. The summed E-state index contributed by atoms with van der Waals surface area (Å²) in [5.74, 6) is 1.62. The number of halogens is 2. The average molecular weight is 309 g/mol. The summed E-state index contributed by atoms with van der Waals surface area (Å²) in [6, 6.07) is 0. The minimum Gasteiger partial charge on any atom is -1.00 e. The van der Waals surface area contributed by atoms with Gasteiger partial charge in [-0.3, -0.25) is 0 Å². The second-order valence-electron chi connectivity index (χ2n) is 3.74. The molecule has 0 aromatic heterocycles. The molecule has 0 aromatic carbocycles. The van der Waals surface area contributed by atoms with E-state index in [0.29, 0.717) is 0 Å². The SMILES string of the molecule is CC1=C2[CH-]CCC2C(C)C=C1.[Cl-].[Cl-].[Zr+3]. The second kappa shape index (κ2) is 7.15. The van der Waals surface area contributed by atoms with Crippen LogP contribution in [0.2, 0.25) is 0 Å². The number of hydrogen-bond donors (Lipinski definition) is 0. The summed E-state index contributed by atoms with van der Waals surface area (Å²) >= 11 is 0. The maximum atomic E-state index is 2.42. The van der Waals surface area contributed by atoms with Crippen molar-refractivity contribution in [2.75, 3.05) is 0 Å². The Balaban J connectivity index is 0. The third-order valence-corrected chi connectivity index (χ3v) is 2.98. The van der Waals surface area contributed by atoms with Crippen molar-refractivity contribution >= 4 is 0 Å². The van der Waals surface area contributed by atoms with Gasteiger partial charge in [-0.05, 0) is 11.8 Å². The molecule has 77 valence electrons. The van der Waals surface area contributed by atoms with Crippen LogP contribution in [0.4, 0.5) is 0 Å². The Morgan fingerprint density at radius 2 is 2.00 bits per heavy atom. The maximum absolute atomic E-state index is 2.42. The summed E-state index contributed by atoms with van der Waals surface area (Å²) in [5, 5.41) is 0. The Hall–Kier alpha value is 0.813. The van der Waals surface area contributed by atoms with E-state index < -0.39 is 0 Å². The first-order chi connectivity index (χ1) is 5.29. The molecule has 1 fully saturated rings. The first-order valence-electron chi connectivity index (χ1n) is 4.51. The van der Waals surface area contributed by atoms with Crippen molar-refractivity contribution in [2.24, 2.45) is 11.8 Å². The zero-order valence-corrected chi connectivity index (χ0v) is 12.5. The monoisotopic (exact) mass is 307 g/mol. The Bertz CT molecular complexity index is 233. The zero-order chi connectivity index (χ0) is 7.84. The van der Waals surface area contributed by atoms with E-state index in [1.165, 1.54) is 18.4 Å². The molecule has 0 saturated heterocycles. The van der Waals surface area contributed by atoms with Gasteiger partial charge in [0, 0.05) is 0 Å². The topological polar surface area (TPSA) is 0 Å². The molecule has 0 heterocycles. The molecule has 0 aromatic rings. The van der Waals surface area contributed by atoms with E-state index in [-0.39, 0.29) is 51.0 Å². The van der Waals surface area contributed by atoms with Gasteiger partial charge in [-0.1, -0.05) is 19.4 Å². The summed E-state index contributed by atoms with van der Waals surface area (Å²) in [5.41, 5.74) is 3.12. The summed E-state index contributed by atoms with van der Waals surface area (Å²) in [4.78, 5) is 0. The fraction of sp³-hybridized carbons (Fsp3) is 0.545. The van der Waals surface area contributed by atoms with Gasteiger partial charge in [0.2, 0.25) is 0 Å². The van der Waals surface area contributed by atoms with E-state index in [2.05, 4.69) is 32.4 Å². The number of hydrogen-bond acceptors (Lipinski definition) is 0. The van der Waals surface area contributed by atoms with Crippen LogP contribution in [0.5, 0.6) is 0 Å². The third-order valence-electron chi connectivity index (χ3n) is 2.98. The quantitative estimate of drug-likeness (QED) is 0.422. The van der Waals surface area contributed by atoms with Crippen LogP contribution in [0.15, 0.2) is 23.3 Å². The Labute approximate surface area is 119 Å². The van der Waals surface area contributed by atoms with Crippen LogP contribution in [0, 0.1) is 18.3 Å². The van der Waals surface area contributed by atoms with Crippen LogP contribution < -0.4 is 24.8 Å². The average Bonchev–Trinajstić information content (AvgIpc) is 2.45. The van der Waals surface area contributed by atoms with Crippen molar-refractivity contribution in [3.8, 4) is 0 Å². The molecule has 2 aliphatic rings. The van der Waals surface area contributed by atoms with E-state index in [1.807, 2.05) is 0 Å². The molecule has 0 amide bonds. The summed E-state index contributed by atoms with van der Waals surface area (Å²) in [6.07, 6.45) is 9.71. The summed E-state index contributed by atoms with van der Waals surface area (Å²) in [7, 11) is 0. The minimum absolute atomic E-state index is 0. The van der Waals surface area contributed by atoms with Crippen LogP contribution >= 0.6 is 0 Å². The molecular weight excluding hydrogens is 294 g/mol. The smallest absolute Gasteiger partial charge is 1.00 e. The molecule has 2 aliphatic carbocycles. The molecular formula is C11H15Cl2Zr. The Kier molecular flexibility index (Phi) is 8.79. The molecule has 0 nitrogen and oxygen atoms in total. The van der Waals surface area contributed by atoms with Crippen molar-refractivity contribution < 1.29 is 51.0 Å². The van der Waals surface area contributed by atoms with E-state index in [1.54, 1.807) is 5.57 Å². The molecule has 2 unspecified atom stereocenters. The first-order valence-corrected chi connectivity index (χ1v) is 4.51. The van der Waals surface area contributed by atoms with Gasteiger partial charge in [0.1, 0.15) is 0 Å². The van der Waals surface area contributed by atoms with E-state index >= 15 is 0 Å². The number of fused-ring (bicyclic) bond motifs is 1. The molecule has 0 aliphatic heterocycles. The zero-order valence-electron chi connectivity index (χ0n) is 8.56. The number of allylic oxidation sites excluding steroid dienone is 4. The molecule has 0 spiro atoms. The Morgan fingerprint density at radius 3 is 2.57 bits per heavy atom. The standard InChI is InChI=1S/C11H15.2ClH.Zr/c1-8-6-7-9(2)11-5-3-4-10(8)11;;;/h4,6-7,9,11H,3,5H2,1-2H3;2*1H;/q-1;;;+3/p-2. The third kappa shape index (κ3) is 3.15. The summed E-state index contributed by atoms with van der Waals surface area (Å²) < 4.78 is 0. The van der Waals surface area contributed by atoms with Crippen molar-refractivity contribution in [1.29, 1.82) is 0 Å². The van der Waals surface area contributed by atoms with Gasteiger partial charge >= 0.3 is 26.2 Å². The van der Waals surface area contributed by atoms with Gasteiger partial charge in [0.15, 0.2) is 0 Å². The minimum atomic E-state index is 0. The van der Waals surface area contributed by atoms with E-state index in [0.717, 1.165) is 11.8 Å². The van der Waals surface area contributed by atoms with Crippen molar-refractivity contribution in [2.45, 2.75) is 26.7 Å². The van der Waals surface area contributed by atoms with Gasteiger partial charge < -0.3 is 24.8 Å². The molecule has 3 heteroatoms. The second-order valence-corrected chi connectivity index (χ2v) is 3.74. The van der Waals surface area contributed by atoms with Gasteiger partial charge in [0.25, 0.3) is 0 Å². The maximum Gasteiger partial charge on any atom is 3.00 e. The molecule has 14 heavy (non-hydrogen) atoms. The van der Waals surface area contributed by atoms with Gasteiger partial charge in [-0.15, -0.1) is 19.4 Å². The number of rotatable bonds is 0. The van der Waals surface area contributed by atoms with Gasteiger partial charge in [-0.25, -0.2) is 12.0 Å². The molecule has 2 atom stereocenters. The largest absolute Gasteiger partial charge is 3.00 e. The normalized spacial score (nSPS) is 27.9. The van der Waals surface area contributed by atoms with E-state index in [4.69, 9.17) is 0 Å². The summed E-state index contributed by atoms with van der Waals surface area (Å²) in [6.45, 7) is 4.55. The molecule has 0 bridgehead atoms. The van der Waals surface area contributed by atoms with Crippen LogP contribution in [0.3, 0.4) is 0 Å². The predicted octanol–water partition coefficient (Wildman–Crippen LogP) is -2.87. The Morgan fingerprint density at radius 1 is 1.36 bits per heavy atom. The first kappa shape index (κ1) is 17.2. The van der Waals surface area contributed by atoms with Crippen LogP contribution in [-0.4, -0.2) is 0 Å². The molecule has 2 rings (SSSR count). The van der Waals surface area contributed by atoms with Gasteiger partial charge in [-0.2, -0.15) is 5.57 Å². The fourth-order valence-electron chi connectivity index (χ4n) is 2.25. The van der Waals surface area contributed by atoms with E-state index in [9.17, 15) is 0 Å². The predicted molar refractivity (Wildman–Crippen MR) is 48.0 cm³/mol. The van der Waals surface area contributed by atoms with Crippen molar-refractivity contribution in [3.05, 3.63) is 29.7 Å². The molecule has 1 radical (unpaired) electrons. The fourth-order valence-corrected chi connectivity index (χ4v) is 2.25. The van der Waals surface area contributed by atoms with Crippen LogP contribution in [0.25, 0.3) is 0 Å². The van der Waals surface area contributed by atoms with Crippen LogP contribution in [-0.2, 0) is 26.2 Å².